The molecule has 3 heterocycles. The molecule has 0 spiro atoms. The first kappa shape index (κ1) is 20.8. The number of likely N-dealkylation sites (tertiary alicyclic amines) is 1. The number of unbranched alkanes of at least 4 members (excludes halogenated alkanes) is 1. The lowest BCUT2D eigenvalue weighted by atomic mass is 9.91. The number of amides is 1. The molecular weight excluding hydrogens is 354 g/mol. The minimum atomic E-state index is 0.0661. The van der Waals surface area contributed by atoms with Crippen LogP contribution in [0, 0.1) is 5.92 Å². The number of aromatic nitrogens is 2. The highest BCUT2D eigenvalue weighted by molar-refractivity contribution is 6.01. The summed E-state index contributed by atoms with van der Waals surface area (Å²) in [5.41, 5.74) is 6.82. The molecule has 1 aromatic rings. The third-order valence-corrected chi connectivity index (χ3v) is 5.98. The zero-order chi connectivity index (χ0) is 20.1. The van der Waals surface area contributed by atoms with E-state index in [1.807, 2.05) is 0 Å². The third kappa shape index (κ3) is 4.93. The summed E-state index contributed by atoms with van der Waals surface area (Å²) in [7, 11) is 0. The van der Waals surface area contributed by atoms with Crippen LogP contribution in [0.1, 0.15) is 64.9 Å². The predicted molar refractivity (Wildman–Crippen MR) is 112 cm³/mol. The molecule has 0 unspecified atom stereocenters. The van der Waals surface area contributed by atoms with Gasteiger partial charge in [0, 0.05) is 18.2 Å². The molecular formula is C21H35N5O2. The Labute approximate surface area is 168 Å². The SMILES string of the molecule is CCCCOc1nc(N)c2c(n1)N(CCCC1CCN(C(C)C)CC1)C(=O)C2. The van der Waals surface area contributed by atoms with Crippen LogP contribution in [0.4, 0.5) is 11.6 Å². The Bertz CT molecular complexity index is 671. The third-order valence-electron chi connectivity index (χ3n) is 5.98. The largest absolute Gasteiger partial charge is 0.463 e. The maximum atomic E-state index is 12.5. The minimum Gasteiger partial charge on any atom is -0.463 e. The number of nitrogen functional groups attached to an aromatic ring is 1. The van der Waals surface area contributed by atoms with Gasteiger partial charge in [-0.3, -0.25) is 9.69 Å². The Morgan fingerprint density at radius 2 is 1.96 bits per heavy atom. The molecule has 0 radical (unpaired) electrons. The molecule has 1 saturated heterocycles. The first-order valence-electron chi connectivity index (χ1n) is 10.8. The van der Waals surface area contributed by atoms with Gasteiger partial charge in [0.15, 0.2) is 0 Å². The number of carbonyl (C=O) groups is 1. The van der Waals surface area contributed by atoms with E-state index in [-0.39, 0.29) is 11.9 Å². The number of carbonyl (C=O) groups excluding carboxylic acids is 1. The van der Waals surface area contributed by atoms with Crippen LogP contribution >= 0.6 is 0 Å². The van der Waals surface area contributed by atoms with Gasteiger partial charge >= 0.3 is 6.01 Å². The van der Waals surface area contributed by atoms with E-state index < -0.39 is 0 Å². The van der Waals surface area contributed by atoms with Crippen molar-refractivity contribution >= 4 is 17.5 Å². The smallest absolute Gasteiger partial charge is 0.320 e. The molecule has 1 aromatic heterocycles. The summed E-state index contributed by atoms with van der Waals surface area (Å²) in [4.78, 5) is 25.6. The Hall–Kier alpha value is -1.89. The molecule has 0 atom stereocenters. The van der Waals surface area contributed by atoms with Gasteiger partial charge in [0.25, 0.3) is 0 Å². The number of rotatable bonds is 9. The first-order valence-corrected chi connectivity index (χ1v) is 10.8. The van der Waals surface area contributed by atoms with Crippen molar-refractivity contribution in [3.8, 4) is 6.01 Å². The molecule has 2 N–H and O–H groups in total. The number of nitrogens with zero attached hydrogens (tertiary/aromatic N) is 4. The number of hydrogen-bond donors (Lipinski definition) is 1. The van der Waals surface area contributed by atoms with Crippen LogP contribution in [0.25, 0.3) is 0 Å². The number of hydrogen-bond acceptors (Lipinski definition) is 6. The number of nitrogens with two attached hydrogens (primary N) is 1. The van der Waals surface area contributed by atoms with Crippen LogP contribution in [-0.2, 0) is 11.2 Å². The van der Waals surface area contributed by atoms with E-state index in [0.29, 0.717) is 37.3 Å². The molecule has 7 heteroatoms. The van der Waals surface area contributed by atoms with Gasteiger partial charge in [-0.1, -0.05) is 13.3 Å². The van der Waals surface area contributed by atoms with Gasteiger partial charge in [0.05, 0.1) is 13.0 Å². The number of piperidine rings is 1. The van der Waals surface area contributed by atoms with Crippen LogP contribution in [-0.4, -0.2) is 53.1 Å². The Morgan fingerprint density at radius 1 is 1.21 bits per heavy atom. The highest BCUT2D eigenvalue weighted by Gasteiger charge is 2.32. The van der Waals surface area contributed by atoms with Gasteiger partial charge in [0.2, 0.25) is 5.91 Å². The fourth-order valence-electron chi connectivity index (χ4n) is 4.12. The number of anilines is 2. The minimum absolute atomic E-state index is 0.0661. The summed E-state index contributed by atoms with van der Waals surface area (Å²) in [5.74, 6) is 1.85. The van der Waals surface area contributed by atoms with E-state index in [1.165, 1.54) is 25.9 Å². The summed E-state index contributed by atoms with van der Waals surface area (Å²) >= 11 is 0. The number of ether oxygens (including phenoxy) is 1. The van der Waals surface area contributed by atoms with Crippen molar-refractivity contribution in [1.82, 2.24) is 14.9 Å². The molecule has 2 aliphatic heterocycles. The van der Waals surface area contributed by atoms with Crippen LogP contribution in [0.5, 0.6) is 6.01 Å². The van der Waals surface area contributed by atoms with Crippen molar-refractivity contribution in [2.45, 2.75) is 71.8 Å². The lowest BCUT2D eigenvalue weighted by molar-refractivity contribution is -0.117. The summed E-state index contributed by atoms with van der Waals surface area (Å²) in [6, 6.07) is 0.920. The average Bonchev–Trinajstić information content (AvgIpc) is 2.99. The van der Waals surface area contributed by atoms with E-state index in [1.54, 1.807) is 4.90 Å². The van der Waals surface area contributed by atoms with Crippen molar-refractivity contribution < 1.29 is 9.53 Å². The zero-order valence-corrected chi connectivity index (χ0v) is 17.6. The molecule has 0 aromatic carbocycles. The standard InChI is InChI=1S/C21H35N5O2/c1-4-5-13-28-21-23-19(22)17-14-18(27)26(20(17)24-21)10-6-7-16-8-11-25(12-9-16)15(2)3/h15-16H,4-14H2,1-3H3,(H2,22,23,24). The fraction of sp³-hybridized carbons (Fsp3) is 0.762. The van der Waals surface area contributed by atoms with Crippen molar-refractivity contribution in [3.63, 3.8) is 0 Å². The topological polar surface area (TPSA) is 84.6 Å². The van der Waals surface area contributed by atoms with Gasteiger partial charge in [-0.25, -0.2) is 0 Å². The van der Waals surface area contributed by atoms with Gasteiger partial charge in [0.1, 0.15) is 11.6 Å². The molecule has 2 aliphatic rings. The van der Waals surface area contributed by atoms with Crippen molar-refractivity contribution in [1.29, 1.82) is 0 Å². The van der Waals surface area contributed by atoms with Crippen molar-refractivity contribution in [3.05, 3.63) is 5.56 Å². The van der Waals surface area contributed by atoms with E-state index >= 15 is 0 Å². The lowest BCUT2D eigenvalue weighted by Gasteiger charge is -2.34. The first-order chi connectivity index (χ1) is 13.5. The quantitative estimate of drug-likeness (QED) is 0.654. The highest BCUT2D eigenvalue weighted by atomic mass is 16.5. The molecule has 28 heavy (non-hydrogen) atoms. The van der Waals surface area contributed by atoms with E-state index in [2.05, 4.69) is 35.6 Å². The van der Waals surface area contributed by atoms with Gasteiger partial charge in [-0.05, 0) is 65.0 Å². The molecule has 1 amide bonds. The van der Waals surface area contributed by atoms with Gasteiger partial charge in [-0.15, -0.1) is 0 Å². The van der Waals surface area contributed by atoms with Gasteiger partial charge < -0.3 is 15.4 Å². The van der Waals surface area contributed by atoms with Crippen LogP contribution in [0.2, 0.25) is 0 Å². The Morgan fingerprint density at radius 3 is 2.64 bits per heavy atom. The van der Waals surface area contributed by atoms with Crippen molar-refractivity contribution in [2.75, 3.05) is 36.9 Å². The molecule has 156 valence electrons. The molecule has 3 rings (SSSR count). The fourth-order valence-corrected chi connectivity index (χ4v) is 4.12. The maximum absolute atomic E-state index is 12.5. The molecule has 0 saturated carbocycles. The monoisotopic (exact) mass is 389 g/mol. The summed E-state index contributed by atoms with van der Waals surface area (Å²) < 4.78 is 5.62. The van der Waals surface area contributed by atoms with Gasteiger partial charge in [-0.2, -0.15) is 9.97 Å². The zero-order valence-electron chi connectivity index (χ0n) is 17.6. The predicted octanol–water partition coefficient (Wildman–Crippen LogP) is 3.03. The lowest BCUT2D eigenvalue weighted by Crippen LogP contribution is -2.38. The van der Waals surface area contributed by atoms with E-state index in [9.17, 15) is 4.79 Å². The second-order valence-electron chi connectivity index (χ2n) is 8.33. The Balaban J connectivity index is 1.55. The second kappa shape index (κ2) is 9.54. The normalized spacial score (nSPS) is 18.1. The van der Waals surface area contributed by atoms with Crippen LogP contribution in [0.15, 0.2) is 0 Å². The summed E-state index contributed by atoms with van der Waals surface area (Å²) in [6.07, 6.45) is 6.95. The molecule has 1 fully saturated rings. The molecule has 0 bridgehead atoms. The van der Waals surface area contributed by atoms with E-state index in [0.717, 1.165) is 37.2 Å². The summed E-state index contributed by atoms with van der Waals surface area (Å²) in [5, 5.41) is 0. The maximum Gasteiger partial charge on any atom is 0.320 e. The highest BCUT2D eigenvalue weighted by Crippen LogP contribution is 2.33. The van der Waals surface area contributed by atoms with Crippen LogP contribution in [0.3, 0.4) is 0 Å². The van der Waals surface area contributed by atoms with Crippen LogP contribution < -0.4 is 15.4 Å². The molecule has 7 nitrogen and oxygen atoms in total. The average molecular weight is 390 g/mol. The second-order valence-corrected chi connectivity index (χ2v) is 8.33. The summed E-state index contributed by atoms with van der Waals surface area (Å²) in [6.45, 7) is 10.3. The van der Waals surface area contributed by atoms with E-state index in [4.69, 9.17) is 10.5 Å². The van der Waals surface area contributed by atoms with Crippen molar-refractivity contribution in [2.24, 2.45) is 5.92 Å². The Kier molecular flexibility index (Phi) is 7.10. The number of fused-ring (bicyclic) bond motifs is 1. The molecule has 0 aliphatic carbocycles.